The van der Waals surface area contributed by atoms with Gasteiger partial charge in [-0.25, -0.2) is 4.98 Å². The summed E-state index contributed by atoms with van der Waals surface area (Å²) in [5.74, 6) is -0.765. The summed E-state index contributed by atoms with van der Waals surface area (Å²) in [5.41, 5.74) is -0.486. The minimum Gasteiger partial charge on any atom is -0.278 e. The van der Waals surface area contributed by atoms with Crippen molar-refractivity contribution in [3.8, 4) is 0 Å². The van der Waals surface area contributed by atoms with E-state index in [1.54, 1.807) is 24.3 Å². The van der Waals surface area contributed by atoms with Crippen molar-refractivity contribution in [3.63, 3.8) is 0 Å². The van der Waals surface area contributed by atoms with Gasteiger partial charge in [-0.05, 0) is 49.2 Å². The lowest BCUT2D eigenvalue weighted by atomic mass is 10.2. The number of imide groups is 1. The first-order valence-electron chi connectivity index (χ1n) is 8.57. The molecule has 2 aromatic rings. The molecule has 2 heterocycles. The zero-order valence-electron chi connectivity index (χ0n) is 14.6. The molecule has 0 saturated carbocycles. The second kappa shape index (κ2) is 8.53. The molecule has 9 heteroatoms. The van der Waals surface area contributed by atoms with Gasteiger partial charge in [0, 0.05) is 23.3 Å². The molecule has 1 unspecified atom stereocenters. The van der Waals surface area contributed by atoms with Crippen LogP contribution in [0.1, 0.15) is 35.2 Å². The highest BCUT2D eigenvalue weighted by Gasteiger charge is 2.33. The molecule has 0 spiro atoms. The molecule has 0 radical (unpaired) electrons. The molecular weight excluding hydrogens is 413 g/mol. The van der Waals surface area contributed by atoms with Crippen LogP contribution in [-0.4, -0.2) is 33.5 Å². The van der Waals surface area contributed by atoms with Crippen LogP contribution in [0.4, 0.5) is 13.2 Å². The van der Waals surface area contributed by atoms with Gasteiger partial charge in [0.25, 0.3) is 5.91 Å². The van der Waals surface area contributed by atoms with Gasteiger partial charge in [-0.3, -0.25) is 14.5 Å². The fourth-order valence-corrected chi connectivity index (χ4v) is 4.02. The van der Waals surface area contributed by atoms with Crippen LogP contribution in [0.2, 0.25) is 5.02 Å². The summed E-state index contributed by atoms with van der Waals surface area (Å²) in [6.45, 7) is 0.303. The standard InChI is InChI=1S/C19H16ClF3N2O2S/c20-14-7-4-12(5-8-14)17(26)25-10-2-1-3-15(18(25)27)28-16-9-6-13(11-24-16)19(21,22)23/h4-9,11,15H,1-3,10H2. The predicted octanol–water partition coefficient (Wildman–Crippen LogP) is 5.07. The maximum absolute atomic E-state index is 12.9. The van der Waals surface area contributed by atoms with E-state index >= 15 is 0 Å². The van der Waals surface area contributed by atoms with Crippen LogP contribution in [0.25, 0.3) is 0 Å². The summed E-state index contributed by atoms with van der Waals surface area (Å²) in [7, 11) is 0. The number of pyridine rings is 1. The molecular formula is C19H16ClF3N2O2S. The minimum absolute atomic E-state index is 0.303. The Balaban J connectivity index is 1.75. The zero-order chi connectivity index (χ0) is 20.3. The van der Waals surface area contributed by atoms with E-state index in [1.165, 1.54) is 11.0 Å². The third kappa shape index (κ3) is 4.86. The Hall–Kier alpha value is -2.06. The van der Waals surface area contributed by atoms with Crippen molar-refractivity contribution in [1.82, 2.24) is 9.88 Å². The van der Waals surface area contributed by atoms with Crippen LogP contribution < -0.4 is 0 Å². The molecule has 1 fully saturated rings. The molecule has 4 nitrogen and oxygen atoms in total. The van der Waals surface area contributed by atoms with Crippen LogP contribution in [0.15, 0.2) is 47.6 Å². The number of likely N-dealkylation sites (tertiary alicyclic amines) is 1. The second-order valence-electron chi connectivity index (χ2n) is 6.29. The van der Waals surface area contributed by atoms with Crippen LogP contribution in [-0.2, 0) is 11.0 Å². The summed E-state index contributed by atoms with van der Waals surface area (Å²) >= 11 is 6.92. The van der Waals surface area contributed by atoms with Crippen molar-refractivity contribution in [2.24, 2.45) is 0 Å². The number of hydrogen-bond donors (Lipinski definition) is 0. The molecule has 0 bridgehead atoms. The first kappa shape index (κ1) is 20.7. The van der Waals surface area contributed by atoms with Gasteiger partial charge in [-0.1, -0.05) is 29.8 Å². The van der Waals surface area contributed by atoms with Crippen LogP contribution >= 0.6 is 23.4 Å². The summed E-state index contributed by atoms with van der Waals surface area (Å²) in [6.07, 6.45) is -1.79. The highest BCUT2D eigenvalue weighted by atomic mass is 35.5. The summed E-state index contributed by atoms with van der Waals surface area (Å²) in [5, 5.41) is 0.218. The average molecular weight is 429 g/mol. The zero-order valence-corrected chi connectivity index (χ0v) is 16.2. The molecule has 1 aromatic heterocycles. The number of rotatable bonds is 3. The molecule has 1 atom stereocenters. The van der Waals surface area contributed by atoms with E-state index in [9.17, 15) is 22.8 Å². The van der Waals surface area contributed by atoms with Gasteiger partial charge in [0.2, 0.25) is 5.91 Å². The number of alkyl halides is 3. The van der Waals surface area contributed by atoms with E-state index in [-0.39, 0.29) is 5.91 Å². The Bertz CT molecular complexity index is 857. The largest absolute Gasteiger partial charge is 0.417 e. The van der Waals surface area contributed by atoms with Gasteiger partial charge in [0.15, 0.2) is 0 Å². The molecule has 1 aliphatic heterocycles. The SMILES string of the molecule is O=C(c1ccc(Cl)cc1)N1CCCCC(Sc2ccc(C(F)(F)F)cn2)C1=O. The van der Waals surface area contributed by atoms with Gasteiger partial charge in [0.05, 0.1) is 15.8 Å². The highest BCUT2D eigenvalue weighted by Crippen LogP contribution is 2.32. The van der Waals surface area contributed by atoms with Crippen molar-refractivity contribution >= 4 is 35.2 Å². The quantitative estimate of drug-likeness (QED) is 0.640. The molecule has 0 aliphatic carbocycles. The molecule has 1 aliphatic rings. The van der Waals surface area contributed by atoms with Crippen LogP contribution in [0.5, 0.6) is 0 Å². The number of benzene rings is 1. The Morgan fingerprint density at radius 3 is 2.46 bits per heavy atom. The van der Waals surface area contributed by atoms with Gasteiger partial charge in [-0.15, -0.1) is 0 Å². The number of amides is 2. The average Bonchev–Trinajstić information content (AvgIpc) is 2.83. The smallest absolute Gasteiger partial charge is 0.278 e. The number of nitrogens with zero attached hydrogens (tertiary/aromatic N) is 2. The number of hydrogen-bond acceptors (Lipinski definition) is 4. The monoisotopic (exact) mass is 428 g/mol. The van der Waals surface area contributed by atoms with E-state index in [1.807, 2.05) is 0 Å². The number of carbonyl (C=O) groups excluding carboxylic acids is 2. The topological polar surface area (TPSA) is 50.3 Å². The first-order chi connectivity index (χ1) is 13.3. The fraction of sp³-hybridized carbons (Fsp3) is 0.316. The van der Waals surface area contributed by atoms with E-state index < -0.39 is 22.9 Å². The molecule has 28 heavy (non-hydrogen) atoms. The van der Waals surface area contributed by atoms with Crippen LogP contribution in [0.3, 0.4) is 0 Å². The lowest BCUT2D eigenvalue weighted by Crippen LogP contribution is -2.41. The number of carbonyl (C=O) groups is 2. The Labute approximate surface area is 169 Å². The lowest BCUT2D eigenvalue weighted by Gasteiger charge is -2.22. The predicted molar refractivity (Wildman–Crippen MR) is 100 cm³/mol. The van der Waals surface area contributed by atoms with Gasteiger partial charge in [0.1, 0.15) is 0 Å². The van der Waals surface area contributed by atoms with E-state index in [0.29, 0.717) is 35.0 Å². The Morgan fingerprint density at radius 1 is 1.14 bits per heavy atom. The third-order valence-corrected chi connectivity index (χ3v) is 5.76. The van der Waals surface area contributed by atoms with Crippen molar-refractivity contribution in [2.75, 3.05) is 6.54 Å². The molecule has 0 N–H and O–H groups in total. The highest BCUT2D eigenvalue weighted by molar-refractivity contribution is 8.00. The maximum atomic E-state index is 12.9. The van der Waals surface area contributed by atoms with Gasteiger partial charge < -0.3 is 0 Å². The number of thioether (sulfide) groups is 1. The van der Waals surface area contributed by atoms with Crippen molar-refractivity contribution in [3.05, 3.63) is 58.7 Å². The fourth-order valence-electron chi connectivity index (χ4n) is 2.83. The molecule has 148 valence electrons. The normalized spacial score (nSPS) is 18.1. The number of halogens is 4. The lowest BCUT2D eigenvalue weighted by molar-refractivity contribution is -0.138. The maximum Gasteiger partial charge on any atom is 0.417 e. The van der Waals surface area contributed by atoms with Crippen molar-refractivity contribution in [2.45, 2.75) is 35.7 Å². The van der Waals surface area contributed by atoms with Crippen LogP contribution in [0, 0.1) is 0 Å². The molecule has 3 rings (SSSR count). The van der Waals surface area contributed by atoms with E-state index in [4.69, 9.17) is 11.6 Å². The number of aromatic nitrogens is 1. The van der Waals surface area contributed by atoms with Gasteiger partial charge in [-0.2, -0.15) is 13.2 Å². The minimum atomic E-state index is -4.46. The van der Waals surface area contributed by atoms with Gasteiger partial charge >= 0.3 is 6.18 Å². The molecule has 1 aromatic carbocycles. The Morgan fingerprint density at radius 2 is 1.86 bits per heavy atom. The van der Waals surface area contributed by atoms with E-state index in [2.05, 4.69) is 4.98 Å². The summed E-state index contributed by atoms with van der Waals surface area (Å²) in [4.78, 5) is 30.7. The summed E-state index contributed by atoms with van der Waals surface area (Å²) < 4.78 is 38.0. The molecule has 2 amide bonds. The van der Waals surface area contributed by atoms with E-state index in [0.717, 1.165) is 30.4 Å². The molecule has 1 saturated heterocycles. The summed E-state index contributed by atoms with van der Waals surface area (Å²) in [6, 6.07) is 8.46. The Kier molecular flexibility index (Phi) is 6.30. The first-order valence-corrected chi connectivity index (χ1v) is 9.82. The second-order valence-corrected chi connectivity index (χ2v) is 7.95. The van der Waals surface area contributed by atoms with Crippen molar-refractivity contribution < 1.29 is 22.8 Å². The third-order valence-electron chi connectivity index (χ3n) is 4.30. The van der Waals surface area contributed by atoms with Crippen molar-refractivity contribution in [1.29, 1.82) is 0 Å².